The fraction of sp³-hybridized carbons (Fsp3) is 0.200. The Labute approximate surface area is 107 Å². The first-order valence-electron chi connectivity index (χ1n) is 6.07. The van der Waals surface area contributed by atoms with Crippen molar-refractivity contribution in [1.82, 2.24) is 0 Å². The zero-order chi connectivity index (χ0) is 13.0. The molecule has 0 aliphatic rings. The fourth-order valence-corrected chi connectivity index (χ4v) is 2.08. The Morgan fingerprint density at radius 3 is 2.44 bits per heavy atom. The van der Waals surface area contributed by atoms with Gasteiger partial charge < -0.3 is 10.6 Å². The van der Waals surface area contributed by atoms with Gasteiger partial charge in [0.2, 0.25) is 0 Å². The molecule has 0 aromatic heterocycles. The van der Waals surface area contributed by atoms with Crippen LogP contribution in [-0.4, -0.2) is 6.54 Å². The van der Waals surface area contributed by atoms with E-state index in [9.17, 15) is 4.39 Å². The highest BCUT2D eigenvalue weighted by atomic mass is 19.1. The second kappa shape index (κ2) is 5.65. The van der Waals surface area contributed by atoms with Crippen LogP contribution in [0.3, 0.4) is 0 Å². The first-order chi connectivity index (χ1) is 8.76. The van der Waals surface area contributed by atoms with E-state index in [0.29, 0.717) is 6.54 Å². The second-order valence-electron chi connectivity index (χ2n) is 4.06. The molecule has 18 heavy (non-hydrogen) atoms. The van der Waals surface area contributed by atoms with Crippen molar-refractivity contribution in [2.45, 2.75) is 13.5 Å². The maximum absolute atomic E-state index is 13.2. The van der Waals surface area contributed by atoms with Gasteiger partial charge in [0.25, 0.3) is 0 Å². The third-order valence-electron chi connectivity index (χ3n) is 2.94. The van der Waals surface area contributed by atoms with Gasteiger partial charge in [-0.3, -0.25) is 0 Å². The third-order valence-corrected chi connectivity index (χ3v) is 2.94. The maximum atomic E-state index is 13.2. The number of anilines is 2. The average molecular weight is 244 g/mol. The summed E-state index contributed by atoms with van der Waals surface area (Å²) >= 11 is 0. The molecular formula is C15H17FN2. The summed E-state index contributed by atoms with van der Waals surface area (Å²) in [4.78, 5) is 2.13. The Balaban J connectivity index is 2.45. The molecule has 2 aromatic carbocycles. The molecule has 0 spiro atoms. The minimum atomic E-state index is -0.247. The third kappa shape index (κ3) is 2.51. The van der Waals surface area contributed by atoms with Crippen LogP contribution >= 0.6 is 0 Å². The Bertz CT molecular complexity index is 511. The number of halogens is 1. The van der Waals surface area contributed by atoms with Crippen LogP contribution in [0, 0.1) is 5.82 Å². The van der Waals surface area contributed by atoms with Gasteiger partial charge in [-0.15, -0.1) is 0 Å². The van der Waals surface area contributed by atoms with Crippen LogP contribution < -0.4 is 10.6 Å². The van der Waals surface area contributed by atoms with Gasteiger partial charge in [-0.1, -0.05) is 18.2 Å². The van der Waals surface area contributed by atoms with E-state index in [1.54, 1.807) is 6.07 Å². The van der Waals surface area contributed by atoms with Crippen molar-refractivity contribution < 1.29 is 4.39 Å². The second-order valence-corrected chi connectivity index (χ2v) is 4.06. The zero-order valence-corrected chi connectivity index (χ0v) is 10.4. The Hall–Kier alpha value is -1.87. The molecule has 0 bridgehead atoms. The van der Waals surface area contributed by atoms with Crippen molar-refractivity contribution in [2.75, 3.05) is 11.4 Å². The van der Waals surface area contributed by atoms with Crippen LogP contribution in [0.25, 0.3) is 0 Å². The first-order valence-corrected chi connectivity index (χ1v) is 6.07. The molecule has 0 unspecified atom stereocenters. The molecule has 2 nitrogen and oxygen atoms in total. The quantitative estimate of drug-likeness (QED) is 0.892. The van der Waals surface area contributed by atoms with Crippen LogP contribution in [-0.2, 0) is 6.54 Å². The predicted octanol–water partition coefficient (Wildman–Crippen LogP) is 3.44. The smallest absolute Gasteiger partial charge is 0.123 e. The molecule has 94 valence electrons. The van der Waals surface area contributed by atoms with Crippen molar-refractivity contribution in [3.05, 3.63) is 59.9 Å². The summed E-state index contributed by atoms with van der Waals surface area (Å²) in [6.45, 7) is 3.20. The number of para-hydroxylation sites is 1. The Morgan fingerprint density at radius 1 is 1.11 bits per heavy atom. The predicted molar refractivity (Wildman–Crippen MR) is 73.4 cm³/mol. The van der Waals surface area contributed by atoms with Crippen LogP contribution in [0.1, 0.15) is 12.5 Å². The van der Waals surface area contributed by atoms with E-state index in [2.05, 4.69) is 11.8 Å². The van der Waals surface area contributed by atoms with Gasteiger partial charge in [-0.05, 0) is 42.8 Å². The number of nitrogens with two attached hydrogens (primary N) is 1. The van der Waals surface area contributed by atoms with E-state index < -0.39 is 0 Å². The summed E-state index contributed by atoms with van der Waals surface area (Å²) in [5.74, 6) is -0.247. The van der Waals surface area contributed by atoms with Gasteiger partial charge in [-0.25, -0.2) is 4.39 Å². The van der Waals surface area contributed by atoms with Gasteiger partial charge in [0, 0.05) is 24.5 Å². The number of nitrogens with zero attached hydrogens (tertiary/aromatic N) is 1. The minimum absolute atomic E-state index is 0.247. The summed E-state index contributed by atoms with van der Waals surface area (Å²) in [6, 6.07) is 14.8. The number of benzene rings is 2. The lowest BCUT2D eigenvalue weighted by molar-refractivity contribution is 0.625. The highest BCUT2D eigenvalue weighted by Crippen LogP contribution is 2.28. The first kappa shape index (κ1) is 12.6. The van der Waals surface area contributed by atoms with Crippen LogP contribution in [0.2, 0.25) is 0 Å². The van der Waals surface area contributed by atoms with E-state index in [-0.39, 0.29) is 5.82 Å². The van der Waals surface area contributed by atoms with Gasteiger partial charge in [0.05, 0.1) is 0 Å². The van der Waals surface area contributed by atoms with Crippen LogP contribution in [0.5, 0.6) is 0 Å². The van der Waals surface area contributed by atoms with E-state index >= 15 is 0 Å². The molecule has 0 saturated carbocycles. The molecule has 0 amide bonds. The fourth-order valence-electron chi connectivity index (χ4n) is 2.08. The molecule has 2 aromatic rings. The SMILES string of the molecule is CCN(c1ccccc1)c1ccc(F)cc1CN. The zero-order valence-electron chi connectivity index (χ0n) is 10.4. The van der Waals surface area contributed by atoms with Gasteiger partial charge in [0.1, 0.15) is 5.82 Å². The van der Waals surface area contributed by atoms with Crippen molar-refractivity contribution >= 4 is 11.4 Å². The lowest BCUT2D eigenvalue weighted by Gasteiger charge is -2.25. The maximum Gasteiger partial charge on any atom is 0.123 e. The molecule has 0 heterocycles. The van der Waals surface area contributed by atoms with Crippen molar-refractivity contribution in [1.29, 1.82) is 0 Å². The molecular weight excluding hydrogens is 227 g/mol. The molecule has 2 rings (SSSR count). The number of hydrogen-bond acceptors (Lipinski definition) is 2. The minimum Gasteiger partial charge on any atom is -0.342 e. The van der Waals surface area contributed by atoms with Gasteiger partial charge in [0.15, 0.2) is 0 Å². The molecule has 0 radical (unpaired) electrons. The largest absolute Gasteiger partial charge is 0.342 e. The topological polar surface area (TPSA) is 29.3 Å². The summed E-state index contributed by atoms with van der Waals surface area (Å²) in [6.07, 6.45) is 0. The van der Waals surface area contributed by atoms with Crippen LogP contribution in [0.4, 0.5) is 15.8 Å². The molecule has 0 aliphatic carbocycles. The number of hydrogen-bond donors (Lipinski definition) is 1. The Morgan fingerprint density at radius 2 is 1.83 bits per heavy atom. The highest BCUT2D eigenvalue weighted by Gasteiger charge is 2.11. The standard InChI is InChI=1S/C15H17FN2/c1-2-18(14-6-4-3-5-7-14)15-9-8-13(16)10-12(15)11-17/h3-10H,2,11,17H2,1H3. The summed E-state index contributed by atoms with van der Waals surface area (Å²) < 4.78 is 13.2. The lowest BCUT2D eigenvalue weighted by Crippen LogP contribution is -2.18. The van der Waals surface area contributed by atoms with Crippen molar-refractivity contribution in [3.8, 4) is 0 Å². The highest BCUT2D eigenvalue weighted by molar-refractivity contribution is 5.66. The monoisotopic (exact) mass is 244 g/mol. The number of rotatable bonds is 4. The van der Waals surface area contributed by atoms with E-state index in [1.165, 1.54) is 12.1 Å². The summed E-state index contributed by atoms with van der Waals surface area (Å²) in [5.41, 5.74) is 8.57. The van der Waals surface area contributed by atoms with E-state index in [1.807, 2.05) is 30.3 Å². The van der Waals surface area contributed by atoms with Crippen molar-refractivity contribution in [3.63, 3.8) is 0 Å². The summed E-state index contributed by atoms with van der Waals surface area (Å²) in [7, 11) is 0. The molecule has 0 fully saturated rings. The Kier molecular flexibility index (Phi) is 3.95. The molecule has 0 atom stereocenters. The van der Waals surface area contributed by atoms with Gasteiger partial charge >= 0.3 is 0 Å². The molecule has 2 N–H and O–H groups in total. The molecule has 0 saturated heterocycles. The average Bonchev–Trinajstić information content (AvgIpc) is 2.42. The van der Waals surface area contributed by atoms with E-state index in [4.69, 9.17) is 5.73 Å². The molecule has 0 aliphatic heterocycles. The van der Waals surface area contributed by atoms with Gasteiger partial charge in [-0.2, -0.15) is 0 Å². The van der Waals surface area contributed by atoms with Crippen molar-refractivity contribution in [2.24, 2.45) is 5.73 Å². The summed E-state index contributed by atoms with van der Waals surface area (Å²) in [5, 5.41) is 0. The van der Waals surface area contributed by atoms with Crippen LogP contribution in [0.15, 0.2) is 48.5 Å². The normalized spacial score (nSPS) is 10.4. The van der Waals surface area contributed by atoms with E-state index in [0.717, 1.165) is 23.5 Å². The lowest BCUT2D eigenvalue weighted by atomic mass is 10.1. The molecule has 3 heteroatoms.